The number of rotatable bonds is 8. The molecule has 1 heterocycles. The van der Waals surface area contributed by atoms with Crippen molar-refractivity contribution in [1.29, 1.82) is 0 Å². The molecule has 6 heteroatoms. The van der Waals surface area contributed by atoms with Crippen LogP contribution in [0.5, 0.6) is 5.75 Å². The summed E-state index contributed by atoms with van der Waals surface area (Å²) in [7, 11) is 3.90. The molecule has 31 heavy (non-hydrogen) atoms. The molecule has 6 nitrogen and oxygen atoms in total. The molecule has 1 saturated heterocycles. The Morgan fingerprint density at radius 1 is 1.06 bits per heavy atom. The van der Waals surface area contributed by atoms with Crippen molar-refractivity contribution < 1.29 is 19.4 Å². The number of hydrogen-bond donors (Lipinski definition) is 1. The monoisotopic (exact) mass is 422 g/mol. The van der Waals surface area contributed by atoms with Crippen LogP contribution in [0.1, 0.15) is 43.9 Å². The summed E-state index contributed by atoms with van der Waals surface area (Å²) in [6.45, 7) is 4.96. The Hall–Kier alpha value is -3.28. The van der Waals surface area contributed by atoms with E-state index in [0.717, 1.165) is 17.7 Å². The van der Waals surface area contributed by atoms with E-state index in [0.29, 0.717) is 30.9 Å². The Kier molecular flexibility index (Phi) is 7.00. The molecule has 0 saturated carbocycles. The van der Waals surface area contributed by atoms with Gasteiger partial charge in [0.15, 0.2) is 0 Å². The summed E-state index contributed by atoms with van der Waals surface area (Å²) in [5.74, 6) is -0.808. The fourth-order valence-corrected chi connectivity index (χ4v) is 3.76. The van der Waals surface area contributed by atoms with Gasteiger partial charge in [-0.2, -0.15) is 0 Å². The van der Waals surface area contributed by atoms with E-state index in [1.165, 1.54) is 0 Å². The zero-order valence-corrected chi connectivity index (χ0v) is 18.6. The molecule has 0 aromatic heterocycles. The number of nitrogens with zero attached hydrogens (tertiary/aromatic N) is 2. The van der Waals surface area contributed by atoms with Crippen LogP contribution >= 0.6 is 0 Å². The zero-order chi connectivity index (χ0) is 22.5. The Morgan fingerprint density at radius 3 is 2.39 bits per heavy atom. The van der Waals surface area contributed by atoms with Gasteiger partial charge in [-0.25, -0.2) is 0 Å². The molecule has 1 aliphatic rings. The largest absolute Gasteiger partial charge is 0.507 e. The van der Waals surface area contributed by atoms with Gasteiger partial charge in [0.05, 0.1) is 18.2 Å². The average Bonchev–Trinajstić information content (AvgIpc) is 3.02. The third-order valence-corrected chi connectivity index (χ3v) is 5.31. The van der Waals surface area contributed by atoms with Crippen LogP contribution in [0.4, 0.5) is 5.69 Å². The Labute approximate surface area is 183 Å². The van der Waals surface area contributed by atoms with Crippen LogP contribution in [0.25, 0.3) is 5.76 Å². The third-order valence-electron chi connectivity index (χ3n) is 5.31. The lowest BCUT2D eigenvalue weighted by Crippen LogP contribution is -2.30. The number of aliphatic hydroxyl groups is 1. The fourth-order valence-electron chi connectivity index (χ4n) is 3.76. The highest BCUT2D eigenvalue weighted by atomic mass is 16.5. The van der Waals surface area contributed by atoms with E-state index in [1.807, 2.05) is 57.1 Å². The number of carbonyl (C=O) groups is 2. The number of anilines is 1. The quantitative estimate of drug-likeness (QED) is 0.389. The molecule has 164 valence electrons. The normalized spacial score (nSPS) is 17.8. The van der Waals surface area contributed by atoms with E-state index >= 15 is 0 Å². The number of amides is 1. The smallest absolute Gasteiger partial charge is 0.295 e. The van der Waals surface area contributed by atoms with Crippen molar-refractivity contribution in [2.75, 3.05) is 32.1 Å². The molecule has 0 spiro atoms. The van der Waals surface area contributed by atoms with Gasteiger partial charge in [0.25, 0.3) is 11.7 Å². The highest BCUT2D eigenvalue weighted by molar-refractivity contribution is 6.46. The zero-order valence-electron chi connectivity index (χ0n) is 18.6. The number of benzene rings is 2. The molecule has 2 aromatic rings. The summed E-state index contributed by atoms with van der Waals surface area (Å²) < 4.78 is 5.66. The standard InChI is InChI=1S/C25H30N2O4/c1-5-14-27-22(17-10-12-19(13-11-17)26(3)4)21(24(29)25(27)30)23(28)18-8-7-9-20(16-18)31-15-6-2/h7-13,16,22,28H,5-6,14-15H2,1-4H3/b23-21-. The van der Waals surface area contributed by atoms with Gasteiger partial charge >= 0.3 is 0 Å². The molecule has 1 aliphatic heterocycles. The van der Waals surface area contributed by atoms with Gasteiger partial charge in [-0.15, -0.1) is 0 Å². The summed E-state index contributed by atoms with van der Waals surface area (Å²) in [4.78, 5) is 29.3. The lowest BCUT2D eigenvalue weighted by Gasteiger charge is -2.25. The lowest BCUT2D eigenvalue weighted by molar-refractivity contribution is -0.139. The van der Waals surface area contributed by atoms with Crippen LogP contribution in [0, 0.1) is 0 Å². The molecule has 0 aliphatic carbocycles. The molecule has 1 fully saturated rings. The minimum Gasteiger partial charge on any atom is -0.507 e. The van der Waals surface area contributed by atoms with E-state index in [2.05, 4.69) is 0 Å². The predicted molar refractivity (Wildman–Crippen MR) is 122 cm³/mol. The van der Waals surface area contributed by atoms with Gasteiger partial charge in [0, 0.05) is 31.9 Å². The van der Waals surface area contributed by atoms with Crippen LogP contribution in [-0.2, 0) is 9.59 Å². The van der Waals surface area contributed by atoms with E-state index in [-0.39, 0.29) is 11.3 Å². The molecule has 1 unspecified atom stereocenters. The van der Waals surface area contributed by atoms with Crippen molar-refractivity contribution in [3.8, 4) is 5.75 Å². The van der Waals surface area contributed by atoms with Crippen molar-refractivity contribution >= 4 is 23.1 Å². The summed E-state index contributed by atoms with van der Waals surface area (Å²) in [5.41, 5.74) is 2.37. The predicted octanol–water partition coefficient (Wildman–Crippen LogP) is 4.37. The Morgan fingerprint density at radius 2 is 1.77 bits per heavy atom. The number of Topliss-reactive ketones (excluding diaryl/α,β-unsaturated/α-hetero) is 1. The second-order valence-corrected chi connectivity index (χ2v) is 7.85. The second-order valence-electron chi connectivity index (χ2n) is 7.85. The summed E-state index contributed by atoms with van der Waals surface area (Å²) >= 11 is 0. The van der Waals surface area contributed by atoms with Crippen molar-refractivity contribution in [2.24, 2.45) is 0 Å². The first kappa shape index (κ1) is 22.4. The molecule has 3 rings (SSSR count). The SMILES string of the molecule is CCCOc1cccc(/C(O)=C2/C(=O)C(=O)N(CCC)C2c2ccc(N(C)C)cc2)c1. The van der Waals surface area contributed by atoms with Crippen molar-refractivity contribution in [1.82, 2.24) is 4.90 Å². The first-order chi connectivity index (χ1) is 14.9. The first-order valence-electron chi connectivity index (χ1n) is 10.7. The van der Waals surface area contributed by atoms with Gasteiger partial charge in [-0.1, -0.05) is 38.1 Å². The molecule has 1 atom stereocenters. The van der Waals surface area contributed by atoms with Gasteiger partial charge in [-0.05, 0) is 42.7 Å². The number of aliphatic hydroxyl groups excluding tert-OH is 1. The molecule has 0 radical (unpaired) electrons. The fraction of sp³-hybridized carbons (Fsp3) is 0.360. The third kappa shape index (κ3) is 4.58. The highest BCUT2D eigenvalue weighted by Crippen LogP contribution is 2.40. The second kappa shape index (κ2) is 9.69. The lowest BCUT2D eigenvalue weighted by atomic mass is 9.95. The topological polar surface area (TPSA) is 70.1 Å². The van der Waals surface area contributed by atoms with Crippen molar-refractivity contribution in [3.05, 3.63) is 65.2 Å². The van der Waals surface area contributed by atoms with Crippen LogP contribution in [0.3, 0.4) is 0 Å². The Bertz CT molecular complexity index is 979. The maximum Gasteiger partial charge on any atom is 0.295 e. The molecule has 1 N–H and O–H groups in total. The number of ketones is 1. The minimum atomic E-state index is -0.660. The van der Waals surface area contributed by atoms with Gasteiger partial charge in [-0.3, -0.25) is 9.59 Å². The van der Waals surface area contributed by atoms with Crippen LogP contribution < -0.4 is 9.64 Å². The molecule has 2 aromatic carbocycles. The summed E-state index contributed by atoms with van der Waals surface area (Å²) in [6.07, 6.45) is 1.57. The van der Waals surface area contributed by atoms with Crippen molar-refractivity contribution in [2.45, 2.75) is 32.7 Å². The average molecular weight is 423 g/mol. The number of ether oxygens (including phenoxy) is 1. The van der Waals surface area contributed by atoms with E-state index in [1.54, 1.807) is 29.2 Å². The highest BCUT2D eigenvalue weighted by Gasteiger charge is 2.45. The molecule has 1 amide bonds. The van der Waals surface area contributed by atoms with Crippen LogP contribution in [-0.4, -0.2) is 48.9 Å². The molecular weight excluding hydrogens is 392 g/mol. The first-order valence-corrected chi connectivity index (χ1v) is 10.7. The van der Waals surface area contributed by atoms with E-state index in [9.17, 15) is 14.7 Å². The number of likely N-dealkylation sites (tertiary alicyclic amines) is 1. The minimum absolute atomic E-state index is 0.115. The van der Waals surface area contributed by atoms with E-state index in [4.69, 9.17) is 4.74 Å². The molecular formula is C25H30N2O4. The van der Waals surface area contributed by atoms with Gasteiger partial charge < -0.3 is 19.6 Å². The number of hydrogen-bond acceptors (Lipinski definition) is 5. The van der Waals surface area contributed by atoms with Gasteiger partial charge in [0.2, 0.25) is 0 Å². The van der Waals surface area contributed by atoms with Crippen molar-refractivity contribution in [3.63, 3.8) is 0 Å². The van der Waals surface area contributed by atoms with E-state index < -0.39 is 17.7 Å². The van der Waals surface area contributed by atoms with Crippen LogP contribution in [0.15, 0.2) is 54.1 Å². The summed E-state index contributed by atoms with van der Waals surface area (Å²) in [6, 6.07) is 14.1. The van der Waals surface area contributed by atoms with Gasteiger partial charge in [0.1, 0.15) is 11.5 Å². The maximum absolute atomic E-state index is 13.0. The van der Waals surface area contributed by atoms with Crippen LogP contribution in [0.2, 0.25) is 0 Å². The molecule has 0 bridgehead atoms. The summed E-state index contributed by atoms with van der Waals surface area (Å²) in [5, 5.41) is 11.1. The number of carbonyl (C=O) groups excluding carboxylic acids is 2. The maximum atomic E-state index is 13.0. The Balaban J connectivity index is 2.10.